The molecule has 0 unspecified atom stereocenters. The van der Waals surface area contributed by atoms with E-state index in [0.717, 1.165) is 21.4 Å². The Morgan fingerprint density at radius 2 is 2.07 bits per heavy atom. The number of benzene rings is 1. The van der Waals surface area contributed by atoms with Crippen LogP contribution in [0.5, 0.6) is 0 Å². The van der Waals surface area contributed by atoms with Crippen LogP contribution in [0.1, 0.15) is 5.69 Å². The Morgan fingerprint density at radius 1 is 1.33 bits per heavy atom. The Balaban J connectivity index is 2.63. The maximum absolute atomic E-state index is 6.08. The average molecular weight is 306 g/mol. The summed E-state index contributed by atoms with van der Waals surface area (Å²) in [6.07, 6.45) is 0. The lowest BCUT2D eigenvalue weighted by Crippen LogP contribution is -1.81. The highest BCUT2D eigenvalue weighted by atomic mass is 79.9. The van der Waals surface area contributed by atoms with Crippen LogP contribution in [-0.4, -0.2) is 10.2 Å². The summed E-state index contributed by atoms with van der Waals surface area (Å²) in [6, 6.07) is 5.31. The minimum absolute atomic E-state index is 0.631. The molecule has 2 aromatic rings. The van der Waals surface area contributed by atoms with E-state index in [1.807, 2.05) is 6.92 Å². The van der Waals surface area contributed by atoms with Gasteiger partial charge in [0.05, 0.1) is 9.50 Å². The van der Waals surface area contributed by atoms with Gasteiger partial charge in [0.1, 0.15) is 5.69 Å². The van der Waals surface area contributed by atoms with Crippen LogP contribution in [0.2, 0.25) is 10.0 Å². The van der Waals surface area contributed by atoms with Gasteiger partial charge in [0.15, 0.2) is 0 Å². The summed E-state index contributed by atoms with van der Waals surface area (Å²) in [5.74, 6) is 0. The third kappa shape index (κ3) is 2.05. The zero-order valence-corrected chi connectivity index (χ0v) is 10.9. The fraction of sp³-hybridized carbons (Fsp3) is 0.100. The summed E-state index contributed by atoms with van der Waals surface area (Å²) >= 11 is 15.4. The van der Waals surface area contributed by atoms with Crippen LogP contribution in [0.25, 0.3) is 11.3 Å². The van der Waals surface area contributed by atoms with Crippen molar-refractivity contribution >= 4 is 39.1 Å². The molecule has 0 saturated heterocycles. The van der Waals surface area contributed by atoms with Crippen LogP contribution in [-0.2, 0) is 0 Å². The molecule has 0 bridgehead atoms. The fourth-order valence-electron chi connectivity index (χ4n) is 1.27. The summed E-state index contributed by atoms with van der Waals surface area (Å²) < 4.78 is 0.909. The summed E-state index contributed by atoms with van der Waals surface area (Å²) in [4.78, 5) is 0. The first-order valence-electron chi connectivity index (χ1n) is 4.25. The van der Waals surface area contributed by atoms with Crippen molar-refractivity contribution in [2.45, 2.75) is 6.92 Å². The fourth-order valence-corrected chi connectivity index (χ4v) is 2.04. The van der Waals surface area contributed by atoms with Crippen LogP contribution < -0.4 is 0 Å². The first-order chi connectivity index (χ1) is 7.09. The van der Waals surface area contributed by atoms with Crippen LogP contribution in [0.3, 0.4) is 0 Å². The molecular weight excluding hydrogens is 299 g/mol. The van der Waals surface area contributed by atoms with E-state index in [1.54, 1.807) is 18.2 Å². The third-order valence-corrected chi connectivity index (χ3v) is 3.59. The number of hydrogen-bond donors (Lipinski definition) is 1. The van der Waals surface area contributed by atoms with Crippen molar-refractivity contribution < 1.29 is 0 Å². The van der Waals surface area contributed by atoms with Gasteiger partial charge in [-0.05, 0) is 41.1 Å². The van der Waals surface area contributed by atoms with Gasteiger partial charge >= 0.3 is 0 Å². The third-order valence-electron chi connectivity index (χ3n) is 2.06. The summed E-state index contributed by atoms with van der Waals surface area (Å²) in [5, 5.41) is 8.33. The Labute approximate surface area is 106 Å². The zero-order valence-electron chi connectivity index (χ0n) is 7.81. The van der Waals surface area contributed by atoms with E-state index in [-0.39, 0.29) is 0 Å². The average Bonchev–Trinajstić information content (AvgIpc) is 2.52. The van der Waals surface area contributed by atoms with Crippen LogP contribution >= 0.6 is 39.1 Å². The number of aryl methyl sites for hydroxylation is 1. The molecule has 1 heterocycles. The molecule has 1 aromatic carbocycles. The van der Waals surface area contributed by atoms with Gasteiger partial charge in [0, 0.05) is 16.3 Å². The highest BCUT2D eigenvalue weighted by Gasteiger charge is 2.12. The molecule has 0 radical (unpaired) electrons. The zero-order chi connectivity index (χ0) is 11.0. The predicted molar refractivity (Wildman–Crippen MR) is 66.5 cm³/mol. The smallest absolute Gasteiger partial charge is 0.108 e. The van der Waals surface area contributed by atoms with Gasteiger partial charge in [-0.1, -0.05) is 23.2 Å². The SMILES string of the molecule is Cc1[nH]nc(-c2cc(Cl)ccc2Cl)c1Br. The van der Waals surface area contributed by atoms with Crippen molar-refractivity contribution in [3.05, 3.63) is 38.4 Å². The second kappa shape index (κ2) is 4.16. The molecule has 2 rings (SSSR count). The number of halogens is 3. The molecule has 0 amide bonds. The van der Waals surface area contributed by atoms with Crippen molar-refractivity contribution in [1.82, 2.24) is 10.2 Å². The van der Waals surface area contributed by atoms with E-state index in [2.05, 4.69) is 26.1 Å². The summed E-state index contributed by atoms with van der Waals surface area (Å²) in [7, 11) is 0. The molecule has 0 aliphatic rings. The van der Waals surface area contributed by atoms with E-state index in [1.165, 1.54) is 0 Å². The molecule has 0 spiro atoms. The molecular formula is C10H7BrCl2N2. The largest absolute Gasteiger partial charge is 0.281 e. The Hall–Kier alpha value is -0.510. The van der Waals surface area contributed by atoms with Crippen molar-refractivity contribution in [3.8, 4) is 11.3 Å². The van der Waals surface area contributed by atoms with Crippen LogP contribution in [0, 0.1) is 6.92 Å². The molecule has 0 aliphatic heterocycles. The van der Waals surface area contributed by atoms with Crippen molar-refractivity contribution in [2.75, 3.05) is 0 Å². The normalized spacial score (nSPS) is 10.7. The molecule has 78 valence electrons. The molecule has 1 aromatic heterocycles. The van der Waals surface area contributed by atoms with E-state index < -0.39 is 0 Å². The number of hydrogen-bond acceptors (Lipinski definition) is 1. The molecule has 0 saturated carbocycles. The maximum Gasteiger partial charge on any atom is 0.108 e. The Morgan fingerprint density at radius 3 is 2.67 bits per heavy atom. The molecule has 5 heteroatoms. The van der Waals surface area contributed by atoms with E-state index >= 15 is 0 Å². The Bertz CT molecular complexity index is 508. The number of rotatable bonds is 1. The van der Waals surface area contributed by atoms with Gasteiger partial charge in [0.2, 0.25) is 0 Å². The van der Waals surface area contributed by atoms with Gasteiger partial charge in [-0.2, -0.15) is 5.10 Å². The second-order valence-electron chi connectivity index (χ2n) is 3.14. The van der Waals surface area contributed by atoms with Gasteiger partial charge in [0.25, 0.3) is 0 Å². The first-order valence-corrected chi connectivity index (χ1v) is 5.80. The predicted octanol–water partition coefficient (Wildman–Crippen LogP) is 4.45. The number of nitrogens with one attached hydrogen (secondary N) is 1. The lowest BCUT2D eigenvalue weighted by molar-refractivity contribution is 1.05. The topological polar surface area (TPSA) is 28.7 Å². The van der Waals surface area contributed by atoms with Crippen molar-refractivity contribution in [3.63, 3.8) is 0 Å². The van der Waals surface area contributed by atoms with Gasteiger partial charge in [-0.25, -0.2) is 0 Å². The summed E-state index contributed by atoms with van der Waals surface area (Å²) in [6.45, 7) is 1.93. The second-order valence-corrected chi connectivity index (χ2v) is 4.77. The van der Waals surface area contributed by atoms with E-state index in [4.69, 9.17) is 23.2 Å². The van der Waals surface area contributed by atoms with Gasteiger partial charge in [-0.15, -0.1) is 0 Å². The summed E-state index contributed by atoms with van der Waals surface area (Å²) in [5.41, 5.74) is 2.56. The highest BCUT2D eigenvalue weighted by molar-refractivity contribution is 9.10. The monoisotopic (exact) mass is 304 g/mol. The van der Waals surface area contributed by atoms with E-state index in [0.29, 0.717) is 10.0 Å². The minimum Gasteiger partial charge on any atom is -0.281 e. The van der Waals surface area contributed by atoms with Crippen LogP contribution in [0.4, 0.5) is 0 Å². The Kier molecular flexibility index (Phi) is 3.05. The maximum atomic E-state index is 6.08. The molecule has 0 fully saturated rings. The molecule has 0 atom stereocenters. The van der Waals surface area contributed by atoms with Gasteiger partial charge < -0.3 is 0 Å². The molecule has 1 N–H and O–H groups in total. The molecule has 2 nitrogen and oxygen atoms in total. The van der Waals surface area contributed by atoms with Gasteiger partial charge in [-0.3, -0.25) is 5.10 Å². The van der Waals surface area contributed by atoms with Crippen molar-refractivity contribution in [2.24, 2.45) is 0 Å². The number of aromatic amines is 1. The number of nitrogens with zero attached hydrogens (tertiary/aromatic N) is 1. The molecule has 0 aliphatic carbocycles. The standard InChI is InChI=1S/C10H7BrCl2N2/c1-5-9(11)10(15-14-5)7-4-6(12)2-3-8(7)13/h2-4H,1H3,(H,14,15). The first kappa shape index (κ1) is 11.0. The van der Waals surface area contributed by atoms with Crippen LogP contribution in [0.15, 0.2) is 22.7 Å². The quantitative estimate of drug-likeness (QED) is 0.828. The number of H-pyrrole nitrogens is 1. The minimum atomic E-state index is 0.631. The lowest BCUT2D eigenvalue weighted by Gasteiger charge is -2.01. The number of aromatic nitrogens is 2. The van der Waals surface area contributed by atoms with Crippen molar-refractivity contribution in [1.29, 1.82) is 0 Å². The molecule has 15 heavy (non-hydrogen) atoms. The lowest BCUT2D eigenvalue weighted by atomic mass is 10.1. The highest BCUT2D eigenvalue weighted by Crippen LogP contribution is 2.34. The van der Waals surface area contributed by atoms with E-state index in [9.17, 15) is 0 Å².